The number of rotatable bonds is 7. The molecular formula is C13H21NO2. The summed E-state index contributed by atoms with van der Waals surface area (Å²) < 4.78 is 5.04. The van der Waals surface area contributed by atoms with E-state index >= 15 is 0 Å². The van der Waals surface area contributed by atoms with Crippen molar-refractivity contribution >= 4 is 0 Å². The molecular weight excluding hydrogens is 202 g/mol. The molecule has 0 amide bonds. The van der Waals surface area contributed by atoms with Gasteiger partial charge in [-0.15, -0.1) is 0 Å². The molecule has 1 rings (SSSR count). The van der Waals surface area contributed by atoms with E-state index in [4.69, 9.17) is 4.74 Å². The van der Waals surface area contributed by atoms with E-state index in [-0.39, 0.29) is 0 Å². The Morgan fingerprint density at radius 1 is 1.25 bits per heavy atom. The summed E-state index contributed by atoms with van der Waals surface area (Å²) in [5.74, 6) is 0.466. The van der Waals surface area contributed by atoms with Crippen molar-refractivity contribution in [3.63, 3.8) is 0 Å². The van der Waals surface area contributed by atoms with Gasteiger partial charge < -0.3 is 15.2 Å². The first-order chi connectivity index (χ1) is 7.74. The fourth-order valence-corrected chi connectivity index (χ4v) is 1.60. The molecule has 0 aliphatic rings. The third-order valence-corrected chi connectivity index (χ3v) is 2.47. The number of benzene rings is 1. The zero-order valence-electron chi connectivity index (χ0n) is 10.0. The van der Waals surface area contributed by atoms with Gasteiger partial charge in [0.2, 0.25) is 0 Å². The lowest BCUT2D eigenvalue weighted by Crippen LogP contribution is -2.28. The minimum absolute atomic E-state index is 0.434. The van der Waals surface area contributed by atoms with Crippen LogP contribution in [0, 0.1) is 5.92 Å². The monoisotopic (exact) mass is 223 g/mol. The van der Waals surface area contributed by atoms with Crippen LogP contribution in [0.5, 0.6) is 0 Å². The van der Waals surface area contributed by atoms with Crippen molar-refractivity contribution in [2.24, 2.45) is 5.92 Å². The maximum Gasteiger partial charge on any atom is 0.0914 e. The van der Waals surface area contributed by atoms with Crippen LogP contribution >= 0.6 is 0 Å². The zero-order valence-corrected chi connectivity index (χ0v) is 10.0. The Bertz CT molecular complexity index is 277. The van der Waals surface area contributed by atoms with Crippen LogP contribution in [0.25, 0.3) is 0 Å². The summed E-state index contributed by atoms with van der Waals surface area (Å²) in [6, 6.07) is 9.69. The van der Waals surface area contributed by atoms with E-state index in [9.17, 15) is 5.11 Å². The quantitative estimate of drug-likeness (QED) is 0.737. The van der Waals surface area contributed by atoms with Crippen molar-refractivity contribution in [3.8, 4) is 0 Å². The van der Waals surface area contributed by atoms with Gasteiger partial charge in [-0.1, -0.05) is 37.3 Å². The van der Waals surface area contributed by atoms with Crippen LogP contribution in [0.1, 0.15) is 18.6 Å². The third kappa shape index (κ3) is 4.75. The molecule has 1 aromatic rings. The van der Waals surface area contributed by atoms with Crippen LogP contribution in [-0.4, -0.2) is 31.9 Å². The minimum Gasteiger partial charge on any atom is -0.387 e. The van der Waals surface area contributed by atoms with E-state index in [1.165, 1.54) is 0 Å². The first kappa shape index (κ1) is 13.2. The molecule has 2 unspecified atom stereocenters. The van der Waals surface area contributed by atoms with Gasteiger partial charge in [-0.25, -0.2) is 0 Å². The highest BCUT2D eigenvalue weighted by Crippen LogP contribution is 2.10. The number of aliphatic hydroxyl groups excluding tert-OH is 1. The molecule has 90 valence electrons. The van der Waals surface area contributed by atoms with E-state index in [1.54, 1.807) is 7.11 Å². The Morgan fingerprint density at radius 2 is 1.94 bits per heavy atom. The van der Waals surface area contributed by atoms with Crippen molar-refractivity contribution in [2.75, 3.05) is 26.8 Å². The molecule has 3 heteroatoms. The Morgan fingerprint density at radius 3 is 2.56 bits per heavy atom. The summed E-state index contributed by atoms with van der Waals surface area (Å²) in [6.45, 7) is 4.30. The van der Waals surface area contributed by atoms with E-state index in [2.05, 4.69) is 12.2 Å². The molecule has 2 atom stereocenters. The molecule has 0 fully saturated rings. The smallest absolute Gasteiger partial charge is 0.0914 e. The van der Waals surface area contributed by atoms with Crippen molar-refractivity contribution in [1.29, 1.82) is 0 Å². The second-order valence-corrected chi connectivity index (χ2v) is 4.15. The lowest BCUT2D eigenvalue weighted by Gasteiger charge is -2.15. The topological polar surface area (TPSA) is 41.5 Å². The molecule has 16 heavy (non-hydrogen) atoms. The molecule has 0 aliphatic heterocycles. The molecule has 0 spiro atoms. The van der Waals surface area contributed by atoms with Crippen LogP contribution in [0.4, 0.5) is 0 Å². The first-order valence-corrected chi connectivity index (χ1v) is 5.66. The number of aliphatic hydroxyl groups is 1. The predicted molar refractivity (Wildman–Crippen MR) is 65.3 cm³/mol. The van der Waals surface area contributed by atoms with Gasteiger partial charge in [-0.3, -0.25) is 0 Å². The maximum atomic E-state index is 9.87. The zero-order chi connectivity index (χ0) is 11.8. The minimum atomic E-state index is -0.434. The summed E-state index contributed by atoms with van der Waals surface area (Å²) in [7, 11) is 1.70. The van der Waals surface area contributed by atoms with Gasteiger partial charge >= 0.3 is 0 Å². The highest BCUT2D eigenvalue weighted by molar-refractivity contribution is 5.17. The molecule has 0 aromatic heterocycles. The maximum absolute atomic E-state index is 9.87. The molecule has 0 bridgehead atoms. The summed E-state index contributed by atoms with van der Waals surface area (Å²) in [5, 5.41) is 13.1. The molecule has 0 saturated heterocycles. The van der Waals surface area contributed by atoms with Gasteiger partial charge in [0, 0.05) is 26.8 Å². The normalized spacial score (nSPS) is 14.7. The summed E-state index contributed by atoms with van der Waals surface area (Å²) in [4.78, 5) is 0. The van der Waals surface area contributed by atoms with Crippen LogP contribution in [0.2, 0.25) is 0 Å². The van der Waals surface area contributed by atoms with E-state index in [1.807, 2.05) is 30.3 Å². The fourth-order valence-electron chi connectivity index (χ4n) is 1.60. The van der Waals surface area contributed by atoms with Gasteiger partial charge in [0.25, 0.3) is 0 Å². The first-order valence-electron chi connectivity index (χ1n) is 5.66. The average Bonchev–Trinajstić information content (AvgIpc) is 2.30. The molecule has 2 N–H and O–H groups in total. The number of ether oxygens (including phenoxy) is 1. The van der Waals surface area contributed by atoms with Gasteiger partial charge in [0.1, 0.15) is 0 Å². The van der Waals surface area contributed by atoms with Crippen LogP contribution in [-0.2, 0) is 4.74 Å². The molecule has 0 radical (unpaired) electrons. The molecule has 3 nitrogen and oxygen atoms in total. The predicted octanol–water partition coefficient (Wildman–Crippen LogP) is 1.59. The van der Waals surface area contributed by atoms with Crippen molar-refractivity contribution in [2.45, 2.75) is 13.0 Å². The van der Waals surface area contributed by atoms with Crippen LogP contribution in [0.15, 0.2) is 30.3 Å². The van der Waals surface area contributed by atoms with Crippen molar-refractivity contribution < 1.29 is 9.84 Å². The summed E-state index contributed by atoms with van der Waals surface area (Å²) in [6.07, 6.45) is -0.434. The van der Waals surface area contributed by atoms with Gasteiger partial charge in [-0.2, -0.15) is 0 Å². The molecule has 0 aliphatic carbocycles. The lowest BCUT2D eigenvalue weighted by molar-refractivity contribution is 0.147. The lowest BCUT2D eigenvalue weighted by atomic mass is 10.1. The highest BCUT2D eigenvalue weighted by Gasteiger charge is 2.07. The van der Waals surface area contributed by atoms with Crippen molar-refractivity contribution in [1.82, 2.24) is 5.32 Å². The number of methoxy groups -OCH3 is 1. The number of nitrogens with one attached hydrogen (secondary N) is 1. The second-order valence-electron chi connectivity index (χ2n) is 4.15. The van der Waals surface area contributed by atoms with Gasteiger partial charge in [-0.05, 0) is 11.5 Å². The van der Waals surface area contributed by atoms with E-state index in [0.29, 0.717) is 12.5 Å². The summed E-state index contributed by atoms with van der Waals surface area (Å²) >= 11 is 0. The molecule has 0 heterocycles. The highest BCUT2D eigenvalue weighted by atomic mass is 16.5. The fraction of sp³-hybridized carbons (Fsp3) is 0.538. The average molecular weight is 223 g/mol. The Hall–Kier alpha value is -0.900. The standard InChI is InChI=1S/C13H21NO2/c1-11(10-16-2)8-14-9-13(15)12-6-4-3-5-7-12/h3-7,11,13-15H,8-10H2,1-2H3. The van der Waals surface area contributed by atoms with Crippen LogP contribution in [0.3, 0.4) is 0 Å². The second kappa shape index (κ2) is 7.39. The number of hydrogen-bond acceptors (Lipinski definition) is 3. The van der Waals surface area contributed by atoms with Crippen LogP contribution < -0.4 is 5.32 Å². The summed E-state index contributed by atoms with van der Waals surface area (Å²) in [5.41, 5.74) is 0.953. The molecule has 0 saturated carbocycles. The Balaban J connectivity index is 2.23. The third-order valence-electron chi connectivity index (χ3n) is 2.47. The SMILES string of the molecule is COCC(C)CNCC(O)c1ccccc1. The largest absolute Gasteiger partial charge is 0.387 e. The van der Waals surface area contributed by atoms with Gasteiger partial charge in [0.05, 0.1) is 6.10 Å². The Labute approximate surface area is 97.4 Å². The molecule has 1 aromatic carbocycles. The van der Waals surface area contributed by atoms with E-state index < -0.39 is 6.10 Å². The Kier molecular flexibility index (Phi) is 6.08. The van der Waals surface area contributed by atoms with E-state index in [0.717, 1.165) is 18.7 Å². The van der Waals surface area contributed by atoms with Gasteiger partial charge in [0.15, 0.2) is 0 Å². The number of hydrogen-bond donors (Lipinski definition) is 2. The van der Waals surface area contributed by atoms with Crippen molar-refractivity contribution in [3.05, 3.63) is 35.9 Å².